The average Bonchev–Trinajstić information content (AvgIpc) is 2.51. The SMILES string of the molecule is C[Si](C)(C)C[C@@H](NC(=O)[C@H](NC(=O)CO)c1ccc(O)cc1)C(=O)O. The summed E-state index contributed by atoms with van der Waals surface area (Å²) in [6.07, 6.45) is 0. The second kappa shape index (κ2) is 8.63. The van der Waals surface area contributed by atoms with Gasteiger partial charge in [0.15, 0.2) is 0 Å². The van der Waals surface area contributed by atoms with Gasteiger partial charge < -0.3 is 26.0 Å². The smallest absolute Gasteiger partial charge is 0.325 e. The molecular weight excluding hydrogens is 344 g/mol. The lowest BCUT2D eigenvalue weighted by atomic mass is 10.1. The molecular formula is C16H24N2O6Si. The Morgan fingerprint density at radius 3 is 2.08 bits per heavy atom. The lowest BCUT2D eigenvalue weighted by Gasteiger charge is -2.25. The molecule has 0 radical (unpaired) electrons. The fraction of sp³-hybridized carbons (Fsp3) is 0.438. The van der Waals surface area contributed by atoms with Gasteiger partial charge in [0.25, 0.3) is 0 Å². The minimum atomic E-state index is -1.77. The quantitative estimate of drug-likeness (QED) is 0.423. The molecule has 2 atom stereocenters. The highest BCUT2D eigenvalue weighted by Gasteiger charge is 2.31. The molecule has 1 rings (SSSR count). The van der Waals surface area contributed by atoms with Crippen molar-refractivity contribution in [2.75, 3.05) is 6.61 Å². The summed E-state index contributed by atoms with van der Waals surface area (Å²) in [7, 11) is -1.77. The lowest BCUT2D eigenvalue weighted by molar-refractivity contribution is -0.141. The van der Waals surface area contributed by atoms with Gasteiger partial charge in [-0.3, -0.25) is 14.4 Å². The summed E-state index contributed by atoms with van der Waals surface area (Å²) in [5.41, 5.74) is 0.356. The Kier molecular flexibility index (Phi) is 7.13. The van der Waals surface area contributed by atoms with Crippen LogP contribution in [-0.2, 0) is 14.4 Å². The summed E-state index contributed by atoms with van der Waals surface area (Å²) in [6, 6.07) is 3.66. The van der Waals surface area contributed by atoms with Crippen molar-refractivity contribution < 1.29 is 29.7 Å². The standard InChI is InChI=1S/C16H24N2O6Si/c1-25(2,3)9-12(16(23)24)17-15(22)14(18-13(21)8-19)10-4-6-11(20)7-5-10/h4-7,12,14,19-20H,8-9H2,1-3H3,(H,17,22)(H,18,21)(H,23,24)/t12-,14-/m1/s1. The van der Waals surface area contributed by atoms with Gasteiger partial charge >= 0.3 is 5.97 Å². The van der Waals surface area contributed by atoms with Crippen molar-refractivity contribution in [3.8, 4) is 5.75 Å². The van der Waals surface area contributed by atoms with Gasteiger partial charge in [-0.2, -0.15) is 0 Å². The van der Waals surface area contributed by atoms with E-state index in [9.17, 15) is 24.6 Å². The first-order valence-electron chi connectivity index (χ1n) is 7.76. The minimum absolute atomic E-state index is 0.0152. The molecule has 1 aromatic rings. The van der Waals surface area contributed by atoms with Gasteiger partial charge in [-0.25, -0.2) is 0 Å². The van der Waals surface area contributed by atoms with Gasteiger partial charge in [0.1, 0.15) is 24.4 Å². The van der Waals surface area contributed by atoms with Crippen LogP contribution in [0.25, 0.3) is 0 Å². The van der Waals surface area contributed by atoms with Gasteiger partial charge in [0.05, 0.1) is 0 Å². The number of carboxylic acid groups (broad SMARTS) is 1. The zero-order chi connectivity index (χ0) is 19.2. The lowest BCUT2D eigenvalue weighted by Crippen LogP contribution is -2.49. The summed E-state index contributed by atoms with van der Waals surface area (Å²) in [4.78, 5) is 35.5. The van der Waals surface area contributed by atoms with E-state index in [0.717, 1.165) is 0 Å². The molecule has 2 amide bonds. The zero-order valence-electron chi connectivity index (χ0n) is 14.4. The molecule has 0 unspecified atom stereocenters. The molecule has 0 saturated heterocycles. The van der Waals surface area contributed by atoms with Gasteiger partial charge in [-0.1, -0.05) is 31.8 Å². The largest absolute Gasteiger partial charge is 0.508 e. The van der Waals surface area contributed by atoms with Gasteiger partial charge in [0.2, 0.25) is 11.8 Å². The van der Waals surface area contributed by atoms with Gasteiger partial charge in [-0.05, 0) is 23.7 Å². The Morgan fingerprint density at radius 2 is 1.64 bits per heavy atom. The number of nitrogens with one attached hydrogen (secondary N) is 2. The summed E-state index contributed by atoms with van der Waals surface area (Å²) >= 11 is 0. The van der Waals surface area contributed by atoms with Crippen LogP contribution in [0.4, 0.5) is 0 Å². The number of aliphatic hydroxyl groups is 1. The second-order valence-electron chi connectivity index (χ2n) is 6.91. The third-order valence-corrected chi connectivity index (χ3v) is 5.00. The molecule has 0 heterocycles. The van der Waals surface area contributed by atoms with Crippen LogP contribution in [0.2, 0.25) is 25.7 Å². The van der Waals surface area contributed by atoms with E-state index >= 15 is 0 Å². The number of phenolic OH excluding ortho intramolecular Hbond substituents is 1. The van der Waals surface area contributed by atoms with Crippen LogP contribution in [-0.4, -0.2) is 53.8 Å². The molecule has 0 spiro atoms. The highest BCUT2D eigenvalue weighted by atomic mass is 28.3. The second-order valence-corrected chi connectivity index (χ2v) is 12.4. The monoisotopic (exact) mass is 368 g/mol. The summed E-state index contributed by atoms with van der Waals surface area (Å²) in [5, 5.41) is 32.4. The van der Waals surface area contributed by atoms with Crippen LogP contribution < -0.4 is 10.6 Å². The number of carbonyl (C=O) groups is 3. The number of carboxylic acids is 1. The molecule has 0 aliphatic carbocycles. The van der Waals surface area contributed by atoms with E-state index in [-0.39, 0.29) is 5.75 Å². The fourth-order valence-electron chi connectivity index (χ4n) is 2.24. The minimum Gasteiger partial charge on any atom is -0.508 e. The van der Waals surface area contributed by atoms with Crippen molar-refractivity contribution in [2.24, 2.45) is 0 Å². The first kappa shape index (κ1) is 20.7. The molecule has 25 heavy (non-hydrogen) atoms. The number of aliphatic carboxylic acids is 1. The van der Waals surface area contributed by atoms with Crippen LogP contribution in [0.3, 0.4) is 0 Å². The molecule has 0 fully saturated rings. The first-order chi connectivity index (χ1) is 11.5. The molecule has 0 aliphatic heterocycles. The van der Waals surface area contributed by atoms with Crippen molar-refractivity contribution in [3.63, 3.8) is 0 Å². The molecule has 8 nitrogen and oxygen atoms in total. The molecule has 9 heteroatoms. The Labute approximate surface area is 146 Å². The number of benzene rings is 1. The molecule has 0 bridgehead atoms. The maximum absolute atomic E-state index is 12.6. The summed E-state index contributed by atoms with van der Waals surface area (Å²) in [6.45, 7) is 5.15. The summed E-state index contributed by atoms with van der Waals surface area (Å²) < 4.78 is 0. The number of amides is 2. The first-order valence-corrected chi connectivity index (χ1v) is 11.5. The number of phenols is 1. The number of hydrogen-bond acceptors (Lipinski definition) is 5. The van der Waals surface area contributed by atoms with E-state index in [1.807, 2.05) is 19.6 Å². The van der Waals surface area contributed by atoms with E-state index in [0.29, 0.717) is 11.6 Å². The van der Waals surface area contributed by atoms with Gasteiger partial charge in [0, 0.05) is 8.07 Å². The van der Waals surface area contributed by atoms with E-state index < -0.39 is 44.5 Å². The highest BCUT2D eigenvalue weighted by Crippen LogP contribution is 2.19. The Bertz CT molecular complexity index is 627. The molecule has 5 N–H and O–H groups in total. The molecule has 1 aromatic carbocycles. The Hall–Kier alpha value is -2.39. The Morgan fingerprint density at radius 1 is 1.08 bits per heavy atom. The molecule has 0 saturated carbocycles. The number of aromatic hydroxyl groups is 1. The number of rotatable bonds is 8. The number of hydrogen-bond donors (Lipinski definition) is 5. The van der Waals surface area contributed by atoms with Gasteiger partial charge in [-0.15, -0.1) is 0 Å². The van der Waals surface area contributed by atoms with Crippen LogP contribution in [0.5, 0.6) is 5.75 Å². The van der Waals surface area contributed by atoms with Crippen molar-refractivity contribution in [2.45, 2.75) is 37.8 Å². The normalized spacial score (nSPS) is 13.6. The maximum Gasteiger partial charge on any atom is 0.325 e. The molecule has 138 valence electrons. The van der Waals surface area contributed by atoms with E-state index in [1.54, 1.807) is 0 Å². The Balaban J connectivity index is 3.03. The highest BCUT2D eigenvalue weighted by molar-refractivity contribution is 6.76. The predicted molar refractivity (Wildman–Crippen MR) is 93.8 cm³/mol. The third-order valence-electron chi connectivity index (χ3n) is 3.37. The predicted octanol–water partition coefficient (Wildman–Crippen LogP) is 0.449. The maximum atomic E-state index is 12.6. The van der Waals surface area contributed by atoms with Crippen LogP contribution in [0.1, 0.15) is 11.6 Å². The zero-order valence-corrected chi connectivity index (χ0v) is 15.4. The number of carbonyl (C=O) groups excluding carboxylic acids is 2. The van der Waals surface area contributed by atoms with Crippen LogP contribution in [0.15, 0.2) is 24.3 Å². The molecule has 0 aliphatic rings. The van der Waals surface area contributed by atoms with Crippen molar-refractivity contribution in [1.82, 2.24) is 10.6 Å². The topological polar surface area (TPSA) is 136 Å². The van der Waals surface area contributed by atoms with Crippen LogP contribution >= 0.6 is 0 Å². The average molecular weight is 368 g/mol. The van der Waals surface area contributed by atoms with Crippen LogP contribution in [0, 0.1) is 0 Å². The third kappa shape index (κ3) is 6.94. The van der Waals surface area contributed by atoms with E-state index in [4.69, 9.17) is 5.11 Å². The van der Waals surface area contributed by atoms with Crippen molar-refractivity contribution in [3.05, 3.63) is 29.8 Å². The van der Waals surface area contributed by atoms with Crippen molar-refractivity contribution >= 4 is 25.9 Å². The van der Waals surface area contributed by atoms with E-state index in [1.165, 1.54) is 24.3 Å². The van der Waals surface area contributed by atoms with Crippen molar-refractivity contribution in [1.29, 1.82) is 0 Å². The number of aliphatic hydroxyl groups excluding tert-OH is 1. The fourth-order valence-corrected chi connectivity index (χ4v) is 3.74. The van der Waals surface area contributed by atoms with E-state index in [2.05, 4.69) is 10.6 Å². The molecule has 0 aromatic heterocycles. The summed E-state index contributed by atoms with van der Waals surface area (Å²) in [5.74, 6) is -2.63.